The number of sulfonamides is 1. The second-order valence-electron chi connectivity index (χ2n) is 8.75. The Morgan fingerprint density at radius 3 is 2.72 bits per heavy atom. The van der Waals surface area contributed by atoms with E-state index in [0.29, 0.717) is 31.2 Å². The van der Waals surface area contributed by atoms with Gasteiger partial charge in [-0.15, -0.1) is 0 Å². The minimum absolute atomic E-state index is 0.132. The summed E-state index contributed by atoms with van der Waals surface area (Å²) in [7, 11) is -3.62. The molecule has 1 aliphatic carbocycles. The third kappa shape index (κ3) is 7.03. The molecule has 0 atom stereocenters. The molecule has 1 aliphatic heterocycles. The first kappa shape index (κ1) is 24.2. The predicted molar refractivity (Wildman–Crippen MR) is 118 cm³/mol. The summed E-state index contributed by atoms with van der Waals surface area (Å²) < 4.78 is 47.5. The zero-order chi connectivity index (χ0) is 23.4. The third-order valence-electron chi connectivity index (χ3n) is 5.42. The van der Waals surface area contributed by atoms with Crippen LogP contribution in [0.25, 0.3) is 0 Å². The van der Waals surface area contributed by atoms with E-state index in [1.165, 1.54) is 11.0 Å². The highest BCUT2D eigenvalue weighted by atomic mass is 32.2. The van der Waals surface area contributed by atoms with Crippen molar-refractivity contribution < 1.29 is 27.1 Å². The number of carbonyl (C=O) groups excluding carboxylic acids is 2. The molecule has 1 saturated heterocycles. The predicted octanol–water partition coefficient (Wildman–Crippen LogP) is 2.66. The Bertz CT molecular complexity index is 989. The molecule has 1 aromatic rings. The standard InChI is InChI=1S/C22H30FN3O5S/c1-22(2,17-8-9-18(23)19(14-17)31-15-16-6-7-16)25-32(29,30)13-5-3-4-11-26-12-10-20(27)24-21(26)28/h3-4,8-9,14,16,25H,5-7,10-13,15H2,1-2H3,(H,24,27,28)/b4-3+. The first-order valence-corrected chi connectivity index (χ1v) is 12.4. The molecule has 2 aliphatic rings. The molecule has 8 nitrogen and oxygen atoms in total. The van der Waals surface area contributed by atoms with E-state index in [1.807, 2.05) is 0 Å². The Kier molecular flexibility index (Phi) is 7.55. The number of amides is 3. The van der Waals surface area contributed by atoms with E-state index in [0.717, 1.165) is 12.8 Å². The van der Waals surface area contributed by atoms with E-state index >= 15 is 0 Å². The van der Waals surface area contributed by atoms with Gasteiger partial charge in [0.25, 0.3) is 0 Å². The van der Waals surface area contributed by atoms with Crippen LogP contribution >= 0.6 is 0 Å². The van der Waals surface area contributed by atoms with E-state index in [-0.39, 0.29) is 30.3 Å². The Morgan fingerprint density at radius 1 is 1.28 bits per heavy atom. The highest BCUT2D eigenvalue weighted by Gasteiger charge is 2.28. The van der Waals surface area contributed by atoms with Crippen LogP contribution in [0.4, 0.5) is 9.18 Å². The van der Waals surface area contributed by atoms with Crippen molar-refractivity contribution in [3.8, 4) is 5.75 Å². The van der Waals surface area contributed by atoms with Crippen LogP contribution in [0, 0.1) is 11.7 Å². The molecule has 0 spiro atoms. The summed E-state index contributed by atoms with van der Waals surface area (Å²) in [5, 5.41) is 2.24. The van der Waals surface area contributed by atoms with Crippen LogP contribution in [-0.2, 0) is 20.4 Å². The zero-order valence-electron chi connectivity index (χ0n) is 18.4. The van der Waals surface area contributed by atoms with Crippen LogP contribution in [-0.4, -0.2) is 50.7 Å². The monoisotopic (exact) mass is 467 g/mol. The van der Waals surface area contributed by atoms with Gasteiger partial charge in [-0.05, 0) is 56.7 Å². The summed E-state index contributed by atoms with van der Waals surface area (Å²) in [4.78, 5) is 24.3. The molecule has 1 saturated carbocycles. The van der Waals surface area contributed by atoms with Gasteiger partial charge in [0.05, 0.1) is 17.9 Å². The van der Waals surface area contributed by atoms with Crippen molar-refractivity contribution in [1.82, 2.24) is 14.9 Å². The smallest absolute Gasteiger partial charge is 0.324 e. The minimum Gasteiger partial charge on any atom is -0.490 e. The summed E-state index contributed by atoms with van der Waals surface area (Å²) >= 11 is 0. The molecule has 176 valence electrons. The molecule has 2 fully saturated rings. The van der Waals surface area contributed by atoms with E-state index in [4.69, 9.17) is 4.74 Å². The van der Waals surface area contributed by atoms with E-state index in [2.05, 4.69) is 10.0 Å². The molecular weight excluding hydrogens is 437 g/mol. The van der Waals surface area contributed by atoms with Crippen LogP contribution in [0.1, 0.15) is 45.1 Å². The molecule has 2 N–H and O–H groups in total. The summed E-state index contributed by atoms with van der Waals surface area (Å²) in [5.74, 6) is -0.288. The summed E-state index contributed by atoms with van der Waals surface area (Å²) in [5.41, 5.74) is -0.346. The van der Waals surface area contributed by atoms with Crippen LogP contribution in [0.2, 0.25) is 0 Å². The number of benzene rings is 1. The van der Waals surface area contributed by atoms with Crippen LogP contribution in [0.15, 0.2) is 30.4 Å². The number of allylic oxidation sites excluding steroid dienone is 1. The van der Waals surface area contributed by atoms with Crippen molar-refractivity contribution in [2.45, 2.75) is 45.1 Å². The van der Waals surface area contributed by atoms with Gasteiger partial charge in [0.15, 0.2) is 11.6 Å². The van der Waals surface area contributed by atoms with E-state index in [1.54, 1.807) is 38.1 Å². The normalized spacial score (nSPS) is 17.7. The molecule has 32 heavy (non-hydrogen) atoms. The molecule has 1 heterocycles. The largest absolute Gasteiger partial charge is 0.490 e. The second-order valence-corrected chi connectivity index (χ2v) is 10.6. The van der Waals surface area contributed by atoms with Crippen molar-refractivity contribution in [3.05, 3.63) is 41.7 Å². The Balaban J connectivity index is 1.51. The lowest BCUT2D eigenvalue weighted by Gasteiger charge is -2.27. The van der Waals surface area contributed by atoms with Gasteiger partial charge in [0.1, 0.15) is 0 Å². The summed E-state index contributed by atoms with van der Waals surface area (Å²) in [6, 6.07) is 3.95. The summed E-state index contributed by atoms with van der Waals surface area (Å²) in [6.07, 6.45) is 6.09. The fourth-order valence-electron chi connectivity index (χ4n) is 3.31. The molecule has 0 bridgehead atoms. The number of ether oxygens (including phenoxy) is 1. The minimum atomic E-state index is -3.62. The van der Waals surface area contributed by atoms with Crippen molar-refractivity contribution in [2.75, 3.05) is 25.4 Å². The van der Waals surface area contributed by atoms with Gasteiger partial charge >= 0.3 is 6.03 Å². The SMILES string of the molecule is CC(C)(NS(=O)(=O)CC/C=C/CN1CCC(=O)NC1=O)c1ccc(F)c(OCC2CC2)c1. The maximum atomic E-state index is 14.1. The average molecular weight is 468 g/mol. The fourth-order valence-corrected chi connectivity index (χ4v) is 4.75. The van der Waals surface area contributed by atoms with Gasteiger partial charge in [-0.2, -0.15) is 0 Å². The van der Waals surface area contributed by atoms with Crippen molar-refractivity contribution >= 4 is 22.0 Å². The number of hydrogen-bond acceptors (Lipinski definition) is 5. The molecule has 0 unspecified atom stereocenters. The van der Waals surface area contributed by atoms with Crippen LogP contribution in [0.5, 0.6) is 5.75 Å². The fraction of sp³-hybridized carbons (Fsp3) is 0.545. The van der Waals surface area contributed by atoms with Crippen LogP contribution in [0.3, 0.4) is 0 Å². The Morgan fingerprint density at radius 2 is 2.03 bits per heavy atom. The maximum Gasteiger partial charge on any atom is 0.324 e. The van der Waals surface area contributed by atoms with Gasteiger partial charge < -0.3 is 9.64 Å². The first-order chi connectivity index (χ1) is 15.1. The lowest BCUT2D eigenvalue weighted by atomic mass is 9.95. The maximum absolute atomic E-state index is 14.1. The summed E-state index contributed by atoms with van der Waals surface area (Å²) in [6.45, 7) is 4.54. The number of carbonyl (C=O) groups is 2. The number of rotatable bonds is 11. The average Bonchev–Trinajstić information content (AvgIpc) is 3.52. The molecule has 3 amide bonds. The molecule has 0 aromatic heterocycles. The molecule has 0 radical (unpaired) electrons. The van der Waals surface area contributed by atoms with Crippen molar-refractivity contribution in [1.29, 1.82) is 0 Å². The van der Waals surface area contributed by atoms with Gasteiger partial charge in [0.2, 0.25) is 15.9 Å². The highest BCUT2D eigenvalue weighted by Crippen LogP contribution is 2.32. The molecular formula is C22H30FN3O5S. The Hall–Kier alpha value is -2.46. The van der Waals surface area contributed by atoms with Gasteiger partial charge in [-0.25, -0.2) is 22.3 Å². The van der Waals surface area contributed by atoms with Gasteiger partial charge in [-0.3, -0.25) is 10.1 Å². The van der Waals surface area contributed by atoms with Crippen molar-refractivity contribution in [2.24, 2.45) is 5.92 Å². The number of nitrogens with zero attached hydrogens (tertiary/aromatic N) is 1. The number of halogens is 1. The molecule has 3 rings (SSSR count). The van der Waals surface area contributed by atoms with E-state index in [9.17, 15) is 22.4 Å². The third-order valence-corrected chi connectivity index (χ3v) is 7.02. The van der Waals surface area contributed by atoms with Gasteiger partial charge in [0, 0.05) is 19.5 Å². The topological polar surface area (TPSA) is 105 Å². The second kappa shape index (κ2) is 9.99. The quantitative estimate of drug-likeness (QED) is 0.487. The lowest BCUT2D eigenvalue weighted by Crippen LogP contribution is -2.49. The lowest BCUT2D eigenvalue weighted by molar-refractivity contribution is -0.121. The van der Waals surface area contributed by atoms with E-state index < -0.39 is 27.4 Å². The van der Waals surface area contributed by atoms with Crippen LogP contribution < -0.4 is 14.8 Å². The first-order valence-electron chi connectivity index (χ1n) is 10.7. The number of hydrogen-bond donors (Lipinski definition) is 2. The Labute approximate surface area is 188 Å². The molecule has 1 aromatic carbocycles. The highest BCUT2D eigenvalue weighted by molar-refractivity contribution is 7.89. The zero-order valence-corrected chi connectivity index (χ0v) is 19.2. The number of urea groups is 1. The number of imide groups is 1. The molecule has 10 heteroatoms. The number of nitrogens with one attached hydrogen (secondary N) is 2. The van der Waals surface area contributed by atoms with Gasteiger partial charge in [-0.1, -0.05) is 18.2 Å². The van der Waals surface area contributed by atoms with Crippen molar-refractivity contribution in [3.63, 3.8) is 0 Å².